The van der Waals surface area contributed by atoms with E-state index in [9.17, 15) is 0 Å². The molecule has 3 nitrogen and oxygen atoms in total. The van der Waals surface area contributed by atoms with Gasteiger partial charge >= 0.3 is 0 Å². The minimum atomic E-state index is 0.529. The van der Waals surface area contributed by atoms with E-state index < -0.39 is 0 Å². The zero-order valence-electron chi connectivity index (χ0n) is 10.0. The van der Waals surface area contributed by atoms with Crippen molar-refractivity contribution in [3.8, 4) is 0 Å². The van der Waals surface area contributed by atoms with Crippen LogP contribution in [0.1, 0.15) is 50.1 Å². The van der Waals surface area contributed by atoms with E-state index in [4.69, 9.17) is 0 Å². The van der Waals surface area contributed by atoms with Crippen molar-refractivity contribution in [2.75, 3.05) is 13.1 Å². The van der Waals surface area contributed by atoms with E-state index in [0.29, 0.717) is 5.92 Å². The first-order valence-electron chi connectivity index (χ1n) is 6.00. The summed E-state index contributed by atoms with van der Waals surface area (Å²) >= 11 is 0. The second kappa shape index (κ2) is 4.35. The highest BCUT2D eigenvalue weighted by Gasteiger charge is 2.20. The third-order valence-corrected chi connectivity index (χ3v) is 3.26. The molecule has 0 fully saturated rings. The Bertz CT molecular complexity index is 328. The van der Waals surface area contributed by atoms with Gasteiger partial charge in [-0.05, 0) is 31.8 Å². The van der Waals surface area contributed by atoms with Crippen molar-refractivity contribution in [3.05, 3.63) is 17.0 Å². The number of aromatic amines is 1. The van der Waals surface area contributed by atoms with Crippen LogP contribution in [-0.2, 0) is 13.0 Å². The van der Waals surface area contributed by atoms with Crippen molar-refractivity contribution >= 4 is 0 Å². The number of fused-ring (bicyclic) bond motifs is 1. The molecule has 0 radical (unpaired) electrons. The fourth-order valence-corrected chi connectivity index (χ4v) is 2.33. The summed E-state index contributed by atoms with van der Waals surface area (Å²) in [5.41, 5.74) is 4.10. The van der Waals surface area contributed by atoms with Gasteiger partial charge < -0.3 is 0 Å². The number of aromatic nitrogens is 2. The van der Waals surface area contributed by atoms with Crippen molar-refractivity contribution in [2.24, 2.45) is 0 Å². The maximum absolute atomic E-state index is 4.46. The summed E-state index contributed by atoms with van der Waals surface area (Å²) < 4.78 is 0. The Morgan fingerprint density at radius 3 is 2.93 bits per heavy atom. The first-order chi connectivity index (χ1) is 7.22. The molecule has 0 saturated carbocycles. The molecule has 0 unspecified atom stereocenters. The smallest absolute Gasteiger partial charge is 0.0695 e. The zero-order chi connectivity index (χ0) is 10.8. The summed E-state index contributed by atoms with van der Waals surface area (Å²) in [6.07, 6.45) is 2.41. The molecule has 0 spiro atoms. The average Bonchev–Trinajstić information content (AvgIpc) is 2.49. The monoisotopic (exact) mass is 207 g/mol. The minimum absolute atomic E-state index is 0.529. The van der Waals surface area contributed by atoms with E-state index in [2.05, 4.69) is 35.9 Å². The van der Waals surface area contributed by atoms with E-state index in [1.807, 2.05) is 0 Å². The van der Waals surface area contributed by atoms with Crippen LogP contribution in [0.15, 0.2) is 0 Å². The minimum Gasteiger partial charge on any atom is -0.299 e. The molecule has 1 aromatic rings. The molecule has 84 valence electrons. The summed E-state index contributed by atoms with van der Waals surface area (Å²) in [6, 6.07) is 0. The van der Waals surface area contributed by atoms with E-state index in [1.54, 1.807) is 0 Å². The quantitative estimate of drug-likeness (QED) is 0.807. The molecule has 15 heavy (non-hydrogen) atoms. The molecule has 0 aromatic carbocycles. The zero-order valence-corrected chi connectivity index (χ0v) is 10.0. The fourth-order valence-electron chi connectivity index (χ4n) is 2.33. The number of H-pyrrole nitrogens is 1. The van der Waals surface area contributed by atoms with Crippen LogP contribution in [0.3, 0.4) is 0 Å². The van der Waals surface area contributed by atoms with Crippen LogP contribution in [0.4, 0.5) is 0 Å². The molecular formula is C12H21N3. The van der Waals surface area contributed by atoms with Crippen molar-refractivity contribution < 1.29 is 0 Å². The molecule has 0 aliphatic carbocycles. The molecule has 1 N–H and O–H groups in total. The van der Waals surface area contributed by atoms with Crippen molar-refractivity contribution in [1.29, 1.82) is 0 Å². The number of hydrogen-bond donors (Lipinski definition) is 1. The Labute approximate surface area is 91.9 Å². The number of nitrogens with zero attached hydrogens (tertiary/aromatic N) is 2. The fraction of sp³-hybridized carbons (Fsp3) is 0.750. The normalized spacial score (nSPS) is 17.9. The van der Waals surface area contributed by atoms with Gasteiger partial charge in [0.15, 0.2) is 0 Å². The van der Waals surface area contributed by atoms with Crippen LogP contribution in [0.5, 0.6) is 0 Å². The highest BCUT2D eigenvalue weighted by atomic mass is 15.2. The SMILES string of the molecule is CCN1CCCc2[nH]nc(C(C)C)c2C1. The maximum Gasteiger partial charge on any atom is 0.0695 e. The molecule has 0 amide bonds. The molecular weight excluding hydrogens is 186 g/mol. The lowest BCUT2D eigenvalue weighted by atomic mass is 10.0. The lowest BCUT2D eigenvalue weighted by Crippen LogP contribution is -2.23. The third kappa shape index (κ3) is 2.07. The summed E-state index contributed by atoms with van der Waals surface area (Å²) in [7, 11) is 0. The summed E-state index contributed by atoms with van der Waals surface area (Å²) in [4.78, 5) is 2.51. The van der Waals surface area contributed by atoms with Gasteiger partial charge in [0, 0.05) is 17.8 Å². The Hall–Kier alpha value is -0.830. The molecule has 2 heterocycles. The standard InChI is InChI=1S/C12H21N3/c1-4-15-7-5-6-11-10(8-15)12(9(2)3)14-13-11/h9H,4-8H2,1-3H3,(H,13,14). The summed E-state index contributed by atoms with van der Waals surface area (Å²) in [5.74, 6) is 0.529. The molecule has 0 atom stereocenters. The molecule has 0 bridgehead atoms. The number of rotatable bonds is 2. The van der Waals surface area contributed by atoms with Crippen molar-refractivity contribution in [3.63, 3.8) is 0 Å². The topological polar surface area (TPSA) is 31.9 Å². The Morgan fingerprint density at radius 1 is 1.47 bits per heavy atom. The molecule has 1 aliphatic heterocycles. The van der Waals surface area contributed by atoms with Crippen LogP contribution in [-0.4, -0.2) is 28.2 Å². The third-order valence-electron chi connectivity index (χ3n) is 3.26. The Morgan fingerprint density at radius 2 is 2.27 bits per heavy atom. The van der Waals surface area contributed by atoms with Gasteiger partial charge in [-0.1, -0.05) is 20.8 Å². The summed E-state index contributed by atoms with van der Waals surface area (Å²) in [6.45, 7) is 10.1. The average molecular weight is 207 g/mol. The first-order valence-corrected chi connectivity index (χ1v) is 6.00. The summed E-state index contributed by atoms with van der Waals surface area (Å²) in [5, 5.41) is 7.67. The lowest BCUT2D eigenvalue weighted by Gasteiger charge is -2.18. The van der Waals surface area contributed by atoms with E-state index in [0.717, 1.165) is 19.5 Å². The highest BCUT2D eigenvalue weighted by molar-refractivity contribution is 5.28. The van der Waals surface area contributed by atoms with E-state index >= 15 is 0 Å². The van der Waals surface area contributed by atoms with Crippen LogP contribution in [0.2, 0.25) is 0 Å². The Kier molecular flexibility index (Phi) is 3.10. The Balaban J connectivity index is 2.29. The number of nitrogens with one attached hydrogen (secondary N) is 1. The predicted molar refractivity (Wildman–Crippen MR) is 61.9 cm³/mol. The molecule has 1 aliphatic rings. The number of aryl methyl sites for hydroxylation is 1. The van der Waals surface area contributed by atoms with Gasteiger partial charge in [0.2, 0.25) is 0 Å². The predicted octanol–water partition coefficient (Wildman–Crippen LogP) is 2.30. The van der Waals surface area contributed by atoms with Crippen LogP contribution < -0.4 is 0 Å². The van der Waals surface area contributed by atoms with E-state index in [1.165, 1.54) is 29.9 Å². The lowest BCUT2D eigenvalue weighted by molar-refractivity contribution is 0.283. The van der Waals surface area contributed by atoms with Crippen LogP contribution >= 0.6 is 0 Å². The van der Waals surface area contributed by atoms with Gasteiger partial charge in [-0.3, -0.25) is 10.00 Å². The second-order valence-electron chi connectivity index (χ2n) is 4.69. The molecule has 1 aromatic heterocycles. The first kappa shape index (κ1) is 10.7. The molecule has 3 heteroatoms. The van der Waals surface area contributed by atoms with Crippen molar-refractivity contribution in [1.82, 2.24) is 15.1 Å². The van der Waals surface area contributed by atoms with Gasteiger partial charge in [-0.25, -0.2) is 0 Å². The van der Waals surface area contributed by atoms with Gasteiger partial charge in [-0.15, -0.1) is 0 Å². The molecule has 2 rings (SSSR count). The van der Waals surface area contributed by atoms with E-state index in [-0.39, 0.29) is 0 Å². The second-order valence-corrected chi connectivity index (χ2v) is 4.69. The highest BCUT2D eigenvalue weighted by Crippen LogP contribution is 2.24. The van der Waals surface area contributed by atoms with Gasteiger partial charge in [0.25, 0.3) is 0 Å². The number of hydrogen-bond acceptors (Lipinski definition) is 2. The molecule has 0 saturated heterocycles. The maximum atomic E-state index is 4.46. The van der Waals surface area contributed by atoms with Crippen molar-refractivity contribution in [2.45, 2.75) is 46.1 Å². The van der Waals surface area contributed by atoms with Crippen LogP contribution in [0, 0.1) is 0 Å². The van der Waals surface area contributed by atoms with Gasteiger partial charge in [0.05, 0.1) is 5.69 Å². The van der Waals surface area contributed by atoms with Crippen LogP contribution in [0.25, 0.3) is 0 Å². The van der Waals surface area contributed by atoms with Gasteiger partial charge in [-0.2, -0.15) is 5.10 Å². The largest absolute Gasteiger partial charge is 0.299 e. The van der Waals surface area contributed by atoms with Gasteiger partial charge in [0.1, 0.15) is 0 Å².